The van der Waals surface area contributed by atoms with Crippen LogP contribution in [0.4, 0.5) is 0 Å². The van der Waals surface area contributed by atoms with Gasteiger partial charge in [-0.1, -0.05) is 5.16 Å². The molecule has 20 heavy (non-hydrogen) atoms. The molecule has 2 N–H and O–H groups in total. The molecule has 2 heterocycles. The number of hydrogen-bond acceptors (Lipinski definition) is 5. The van der Waals surface area contributed by atoms with Gasteiger partial charge in [-0.25, -0.2) is 0 Å². The molecule has 1 unspecified atom stereocenters. The number of nitrogens with zero attached hydrogens (tertiary/aromatic N) is 2. The van der Waals surface area contributed by atoms with Crippen LogP contribution >= 0.6 is 0 Å². The van der Waals surface area contributed by atoms with Gasteiger partial charge in [0.25, 0.3) is 0 Å². The fraction of sp³-hybridized carbons (Fsp3) is 0.786. The van der Waals surface area contributed by atoms with Crippen LogP contribution < -0.4 is 10.6 Å². The van der Waals surface area contributed by atoms with E-state index in [0.29, 0.717) is 17.2 Å². The van der Waals surface area contributed by atoms with Gasteiger partial charge in [0.05, 0.1) is 5.54 Å². The Morgan fingerprint density at radius 2 is 2.15 bits per heavy atom. The first-order valence-electron chi connectivity index (χ1n) is 7.27. The van der Waals surface area contributed by atoms with Crippen LogP contribution in [0.25, 0.3) is 0 Å². The smallest absolute Gasteiger partial charge is 0.230 e. The third-order valence-electron chi connectivity index (χ3n) is 4.58. The summed E-state index contributed by atoms with van der Waals surface area (Å²) in [5.41, 5.74) is -0.211. The van der Waals surface area contributed by atoms with Gasteiger partial charge in [0.2, 0.25) is 11.8 Å². The third-order valence-corrected chi connectivity index (χ3v) is 4.58. The summed E-state index contributed by atoms with van der Waals surface area (Å²) in [6.07, 6.45) is 3.52. The van der Waals surface area contributed by atoms with Crippen molar-refractivity contribution in [2.24, 2.45) is 5.41 Å². The van der Waals surface area contributed by atoms with Crippen LogP contribution in [0, 0.1) is 5.41 Å². The number of piperidine rings is 1. The Kier molecular flexibility index (Phi) is 3.08. The minimum absolute atomic E-state index is 0.0948. The summed E-state index contributed by atoms with van der Waals surface area (Å²) in [6.45, 7) is 7.42. The Hall–Kier alpha value is -1.43. The summed E-state index contributed by atoms with van der Waals surface area (Å²) in [6, 6.07) is 0. The molecule has 0 radical (unpaired) electrons. The maximum absolute atomic E-state index is 11.2. The Labute approximate surface area is 118 Å². The molecule has 1 aromatic heterocycles. The Balaban J connectivity index is 1.73. The van der Waals surface area contributed by atoms with Crippen molar-refractivity contribution in [3.63, 3.8) is 0 Å². The lowest BCUT2D eigenvalue weighted by Gasteiger charge is -2.22. The van der Waals surface area contributed by atoms with Gasteiger partial charge in [-0.3, -0.25) is 4.79 Å². The summed E-state index contributed by atoms with van der Waals surface area (Å²) >= 11 is 0. The van der Waals surface area contributed by atoms with Crippen LogP contribution in [-0.2, 0) is 10.3 Å². The topological polar surface area (TPSA) is 80.0 Å². The van der Waals surface area contributed by atoms with E-state index in [1.807, 2.05) is 13.8 Å². The highest BCUT2D eigenvalue weighted by molar-refractivity contribution is 5.73. The summed E-state index contributed by atoms with van der Waals surface area (Å²) in [7, 11) is 0. The summed E-state index contributed by atoms with van der Waals surface area (Å²) in [5, 5.41) is 10.3. The van der Waals surface area contributed by atoms with Gasteiger partial charge in [-0.05, 0) is 51.6 Å². The molecule has 6 heteroatoms. The molecule has 1 aromatic rings. The van der Waals surface area contributed by atoms with E-state index in [1.165, 1.54) is 19.8 Å². The van der Waals surface area contributed by atoms with Gasteiger partial charge in [0, 0.05) is 12.8 Å². The molecule has 1 aliphatic heterocycles. The second kappa shape index (κ2) is 4.55. The summed E-state index contributed by atoms with van der Waals surface area (Å²) in [4.78, 5) is 15.8. The molecule has 110 valence electrons. The van der Waals surface area contributed by atoms with Crippen molar-refractivity contribution in [2.45, 2.75) is 51.5 Å². The molecule has 1 saturated heterocycles. The molecule has 1 aliphatic carbocycles. The molecule has 0 aromatic carbocycles. The van der Waals surface area contributed by atoms with E-state index in [0.717, 1.165) is 25.4 Å². The van der Waals surface area contributed by atoms with E-state index in [9.17, 15) is 4.79 Å². The summed E-state index contributed by atoms with van der Waals surface area (Å²) in [5.74, 6) is 1.60. The molecule has 1 spiro atoms. The van der Waals surface area contributed by atoms with E-state index in [1.54, 1.807) is 0 Å². The number of rotatable bonds is 3. The second-order valence-electron chi connectivity index (χ2n) is 6.63. The minimum Gasteiger partial charge on any atom is -0.344 e. The molecule has 1 amide bonds. The van der Waals surface area contributed by atoms with Crippen LogP contribution in [0.3, 0.4) is 0 Å². The average molecular weight is 278 g/mol. The number of nitrogens with one attached hydrogen (secondary N) is 2. The van der Waals surface area contributed by atoms with Crippen LogP contribution in [-0.4, -0.2) is 29.1 Å². The first kappa shape index (κ1) is 13.5. The molecule has 6 nitrogen and oxygen atoms in total. The number of amides is 1. The lowest BCUT2D eigenvalue weighted by atomic mass is 9.92. The standard InChI is InChI=1S/C14H22N4O2/c1-9(19)17-13(2,3)12-16-11(20-18-12)10-8-14(10)4-6-15-7-5-14/h10,15H,4-8H2,1-3H3,(H,17,19). The highest BCUT2D eigenvalue weighted by atomic mass is 16.5. The lowest BCUT2D eigenvalue weighted by molar-refractivity contribution is -0.120. The largest absolute Gasteiger partial charge is 0.344 e. The highest BCUT2D eigenvalue weighted by Crippen LogP contribution is 2.63. The minimum atomic E-state index is -0.593. The van der Waals surface area contributed by atoms with Crippen molar-refractivity contribution in [2.75, 3.05) is 13.1 Å². The predicted octanol–water partition coefficient (Wildman–Crippen LogP) is 1.30. The monoisotopic (exact) mass is 278 g/mol. The quantitative estimate of drug-likeness (QED) is 0.871. The fourth-order valence-corrected chi connectivity index (χ4v) is 3.30. The zero-order chi connectivity index (χ0) is 14.4. The van der Waals surface area contributed by atoms with E-state index >= 15 is 0 Å². The first-order valence-corrected chi connectivity index (χ1v) is 7.27. The van der Waals surface area contributed by atoms with Gasteiger partial charge in [-0.2, -0.15) is 4.98 Å². The van der Waals surface area contributed by atoms with Crippen molar-refractivity contribution < 1.29 is 9.32 Å². The molecule has 0 bridgehead atoms. The Morgan fingerprint density at radius 1 is 1.45 bits per heavy atom. The van der Waals surface area contributed by atoms with Crippen molar-refractivity contribution in [1.29, 1.82) is 0 Å². The van der Waals surface area contributed by atoms with E-state index < -0.39 is 5.54 Å². The van der Waals surface area contributed by atoms with Crippen LogP contribution in [0.15, 0.2) is 4.52 Å². The van der Waals surface area contributed by atoms with Crippen molar-refractivity contribution >= 4 is 5.91 Å². The van der Waals surface area contributed by atoms with Crippen LogP contribution in [0.1, 0.15) is 57.7 Å². The van der Waals surface area contributed by atoms with Crippen LogP contribution in [0.2, 0.25) is 0 Å². The maximum atomic E-state index is 11.2. The number of hydrogen-bond donors (Lipinski definition) is 2. The van der Waals surface area contributed by atoms with E-state index in [-0.39, 0.29) is 5.91 Å². The van der Waals surface area contributed by atoms with Gasteiger partial charge >= 0.3 is 0 Å². The normalized spacial score (nSPS) is 24.6. The molecular formula is C14H22N4O2. The molecule has 2 aliphatic rings. The maximum Gasteiger partial charge on any atom is 0.230 e. The second-order valence-corrected chi connectivity index (χ2v) is 6.63. The lowest BCUT2D eigenvalue weighted by Crippen LogP contribution is -2.40. The van der Waals surface area contributed by atoms with E-state index in [2.05, 4.69) is 20.8 Å². The highest BCUT2D eigenvalue weighted by Gasteiger charge is 2.57. The Morgan fingerprint density at radius 3 is 2.80 bits per heavy atom. The predicted molar refractivity (Wildman–Crippen MR) is 73.0 cm³/mol. The molecule has 1 saturated carbocycles. The number of carbonyl (C=O) groups is 1. The van der Waals surface area contributed by atoms with Gasteiger partial charge < -0.3 is 15.2 Å². The van der Waals surface area contributed by atoms with Crippen LogP contribution in [0.5, 0.6) is 0 Å². The van der Waals surface area contributed by atoms with Gasteiger partial charge in [0.1, 0.15) is 0 Å². The number of carbonyl (C=O) groups excluding carboxylic acids is 1. The van der Waals surface area contributed by atoms with Gasteiger partial charge in [-0.15, -0.1) is 0 Å². The first-order chi connectivity index (χ1) is 9.43. The zero-order valence-corrected chi connectivity index (χ0v) is 12.3. The van der Waals surface area contributed by atoms with Crippen molar-refractivity contribution in [3.8, 4) is 0 Å². The van der Waals surface area contributed by atoms with Crippen molar-refractivity contribution in [3.05, 3.63) is 11.7 Å². The van der Waals surface area contributed by atoms with Crippen molar-refractivity contribution in [1.82, 2.24) is 20.8 Å². The Bertz CT molecular complexity index is 517. The van der Waals surface area contributed by atoms with E-state index in [4.69, 9.17) is 4.52 Å². The number of aromatic nitrogens is 2. The zero-order valence-electron chi connectivity index (χ0n) is 12.3. The molecule has 2 fully saturated rings. The SMILES string of the molecule is CC(=O)NC(C)(C)c1noc(C2CC23CCNCC3)n1. The molecular weight excluding hydrogens is 256 g/mol. The van der Waals surface area contributed by atoms with Gasteiger partial charge in [0.15, 0.2) is 5.82 Å². The third kappa shape index (κ3) is 2.32. The summed E-state index contributed by atoms with van der Waals surface area (Å²) < 4.78 is 5.45. The fourth-order valence-electron chi connectivity index (χ4n) is 3.30. The molecule has 3 rings (SSSR count). The average Bonchev–Trinajstić information content (AvgIpc) is 2.86. The molecule has 1 atom stereocenters.